The van der Waals surface area contributed by atoms with Crippen LogP contribution in [-0.4, -0.2) is 49.8 Å². The number of nitrogens with one attached hydrogen (secondary N) is 1. The molecule has 1 aromatic heterocycles. The first kappa shape index (κ1) is 17.0. The van der Waals surface area contributed by atoms with Crippen LogP contribution in [0.1, 0.15) is 31.7 Å². The number of methoxy groups -OCH3 is 1. The number of hydrogen-bond acceptors (Lipinski definition) is 5. The summed E-state index contributed by atoms with van der Waals surface area (Å²) in [7, 11) is 5.54. The van der Waals surface area contributed by atoms with E-state index in [2.05, 4.69) is 29.2 Å². The minimum absolute atomic E-state index is 0.0475. The number of aromatic nitrogens is 1. The largest absolute Gasteiger partial charge is 0.375 e. The summed E-state index contributed by atoms with van der Waals surface area (Å²) in [6.45, 7) is 5.27. The lowest BCUT2D eigenvalue weighted by Gasteiger charge is -2.52. The van der Waals surface area contributed by atoms with Crippen molar-refractivity contribution in [3.63, 3.8) is 0 Å². The van der Waals surface area contributed by atoms with E-state index in [9.17, 15) is 4.79 Å². The Kier molecular flexibility index (Phi) is 5.24. The summed E-state index contributed by atoms with van der Waals surface area (Å²) < 4.78 is 10.2. The van der Waals surface area contributed by atoms with Gasteiger partial charge in [-0.3, -0.25) is 4.79 Å². The van der Waals surface area contributed by atoms with Gasteiger partial charge in [0.25, 0.3) is 0 Å². The molecule has 124 valence electrons. The Bertz CT molecular complexity index is 510. The first-order valence-electron chi connectivity index (χ1n) is 7.70. The highest BCUT2D eigenvalue weighted by Gasteiger charge is 2.48. The summed E-state index contributed by atoms with van der Waals surface area (Å²) >= 11 is 0. The van der Waals surface area contributed by atoms with E-state index in [1.54, 1.807) is 0 Å². The lowest BCUT2D eigenvalue weighted by molar-refractivity contribution is -0.129. The zero-order chi connectivity index (χ0) is 16.3. The van der Waals surface area contributed by atoms with Gasteiger partial charge in [-0.2, -0.15) is 0 Å². The predicted octanol–water partition coefficient (Wildman–Crippen LogP) is 1.46. The van der Waals surface area contributed by atoms with Gasteiger partial charge in [-0.25, -0.2) is 0 Å². The number of amides is 1. The van der Waals surface area contributed by atoms with E-state index in [0.717, 1.165) is 30.8 Å². The van der Waals surface area contributed by atoms with Crippen LogP contribution in [0, 0.1) is 11.3 Å². The minimum Gasteiger partial charge on any atom is -0.375 e. The van der Waals surface area contributed by atoms with Crippen LogP contribution in [0.5, 0.6) is 0 Å². The second kappa shape index (κ2) is 6.79. The second-order valence-corrected chi connectivity index (χ2v) is 7.03. The maximum atomic E-state index is 11.6. The van der Waals surface area contributed by atoms with Crippen LogP contribution in [0.4, 0.5) is 0 Å². The molecule has 22 heavy (non-hydrogen) atoms. The zero-order valence-corrected chi connectivity index (χ0v) is 14.2. The summed E-state index contributed by atoms with van der Waals surface area (Å²) in [6.07, 6.45) is 1.86. The van der Waals surface area contributed by atoms with Gasteiger partial charge in [-0.1, -0.05) is 19.0 Å². The van der Waals surface area contributed by atoms with Crippen molar-refractivity contribution in [3.8, 4) is 0 Å². The Morgan fingerprint density at radius 1 is 1.55 bits per heavy atom. The Hall–Kier alpha value is -1.40. The van der Waals surface area contributed by atoms with Gasteiger partial charge in [0.1, 0.15) is 6.61 Å². The number of ether oxygens (including phenoxy) is 1. The highest BCUT2D eigenvalue weighted by atomic mass is 16.5. The molecule has 1 amide bonds. The molecule has 1 aliphatic carbocycles. The molecule has 0 aliphatic heterocycles. The van der Waals surface area contributed by atoms with E-state index in [4.69, 9.17) is 9.26 Å². The Morgan fingerprint density at radius 2 is 2.27 bits per heavy atom. The van der Waals surface area contributed by atoms with Crippen molar-refractivity contribution in [2.75, 3.05) is 27.8 Å². The molecule has 1 aliphatic rings. The van der Waals surface area contributed by atoms with Crippen LogP contribution in [0.3, 0.4) is 0 Å². The van der Waals surface area contributed by atoms with Gasteiger partial charge in [-0.15, -0.1) is 0 Å². The molecular formula is C16H27N3O3. The Balaban J connectivity index is 1.87. The summed E-state index contributed by atoms with van der Waals surface area (Å²) in [5.41, 5.74) is 1.06. The van der Waals surface area contributed by atoms with E-state index in [1.807, 2.05) is 20.2 Å². The van der Waals surface area contributed by atoms with E-state index >= 15 is 0 Å². The molecule has 2 rings (SSSR count). The number of hydrogen-bond donors (Lipinski definition) is 1. The van der Waals surface area contributed by atoms with Crippen LogP contribution >= 0.6 is 0 Å². The minimum atomic E-state index is -0.0475. The maximum absolute atomic E-state index is 11.6. The maximum Gasteiger partial charge on any atom is 0.246 e. The van der Waals surface area contributed by atoms with Crippen molar-refractivity contribution in [2.45, 2.75) is 39.3 Å². The average molecular weight is 309 g/mol. The SMILES string of the molecule is COCC(=O)N[C@H]1C[C@@H](Cc2cc(CN(C)C)on2)C1(C)C. The molecule has 0 unspecified atom stereocenters. The molecule has 1 aromatic rings. The van der Waals surface area contributed by atoms with Crippen molar-refractivity contribution < 1.29 is 14.1 Å². The molecule has 1 N–H and O–H groups in total. The van der Waals surface area contributed by atoms with Gasteiger partial charge in [0, 0.05) is 19.2 Å². The quantitative estimate of drug-likeness (QED) is 0.826. The topological polar surface area (TPSA) is 67.6 Å². The molecular weight excluding hydrogens is 282 g/mol. The summed E-state index contributed by atoms with van der Waals surface area (Å²) in [6, 6.07) is 2.24. The van der Waals surface area contributed by atoms with Crippen molar-refractivity contribution in [2.24, 2.45) is 11.3 Å². The van der Waals surface area contributed by atoms with Gasteiger partial charge in [0.2, 0.25) is 5.91 Å². The third-order valence-electron chi connectivity index (χ3n) is 4.62. The first-order chi connectivity index (χ1) is 10.3. The smallest absolute Gasteiger partial charge is 0.246 e. The summed E-state index contributed by atoms with van der Waals surface area (Å²) in [4.78, 5) is 13.7. The molecule has 0 saturated heterocycles. The first-order valence-corrected chi connectivity index (χ1v) is 7.70. The summed E-state index contributed by atoms with van der Waals surface area (Å²) in [5, 5.41) is 7.20. The number of carbonyl (C=O) groups excluding carboxylic acids is 1. The van der Waals surface area contributed by atoms with Crippen molar-refractivity contribution >= 4 is 5.91 Å². The zero-order valence-electron chi connectivity index (χ0n) is 14.2. The number of carbonyl (C=O) groups is 1. The fourth-order valence-corrected chi connectivity index (χ4v) is 3.07. The highest BCUT2D eigenvalue weighted by molar-refractivity contribution is 5.77. The molecule has 1 saturated carbocycles. The fourth-order valence-electron chi connectivity index (χ4n) is 3.07. The van der Waals surface area contributed by atoms with Crippen molar-refractivity contribution in [1.82, 2.24) is 15.4 Å². The molecule has 6 nitrogen and oxygen atoms in total. The third kappa shape index (κ3) is 3.87. The Labute approximate surface area is 132 Å². The van der Waals surface area contributed by atoms with Crippen molar-refractivity contribution in [1.29, 1.82) is 0 Å². The number of nitrogens with zero attached hydrogens (tertiary/aromatic N) is 2. The second-order valence-electron chi connectivity index (χ2n) is 7.03. The molecule has 0 radical (unpaired) electrons. The molecule has 0 bridgehead atoms. The highest BCUT2D eigenvalue weighted by Crippen LogP contribution is 2.47. The lowest BCUT2D eigenvalue weighted by Crippen LogP contribution is -2.59. The number of rotatable bonds is 7. The molecule has 0 aromatic carbocycles. The Morgan fingerprint density at radius 3 is 2.86 bits per heavy atom. The lowest BCUT2D eigenvalue weighted by atomic mass is 9.57. The van der Waals surface area contributed by atoms with Crippen LogP contribution < -0.4 is 5.32 Å². The normalized spacial score (nSPS) is 23.4. The van der Waals surface area contributed by atoms with Gasteiger partial charge >= 0.3 is 0 Å². The van der Waals surface area contributed by atoms with E-state index in [0.29, 0.717) is 5.92 Å². The predicted molar refractivity (Wildman–Crippen MR) is 83.3 cm³/mol. The molecule has 6 heteroatoms. The van der Waals surface area contributed by atoms with Gasteiger partial charge < -0.3 is 19.5 Å². The van der Waals surface area contributed by atoms with Crippen LogP contribution in [0.2, 0.25) is 0 Å². The fraction of sp³-hybridized carbons (Fsp3) is 0.750. The van der Waals surface area contributed by atoms with Crippen molar-refractivity contribution in [3.05, 3.63) is 17.5 Å². The average Bonchev–Trinajstić information content (AvgIpc) is 2.84. The van der Waals surface area contributed by atoms with Crippen LogP contribution in [0.15, 0.2) is 10.6 Å². The van der Waals surface area contributed by atoms with Gasteiger partial charge in [0.05, 0.1) is 12.2 Å². The van der Waals surface area contributed by atoms with Gasteiger partial charge in [0.15, 0.2) is 5.76 Å². The van der Waals surface area contributed by atoms with Gasteiger partial charge in [-0.05, 0) is 38.3 Å². The standard InChI is InChI=1S/C16H27N3O3/c1-16(2)11(7-14(16)17-15(20)10-21-5)6-12-8-13(22-18-12)9-19(3)4/h8,11,14H,6-7,9-10H2,1-5H3,(H,17,20)/t11-,14+/m1/s1. The van der Waals surface area contributed by atoms with Crippen LogP contribution in [0.25, 0.3) is 0 Å². The monoisotopic (exact) mass is 309 g/mol. The third-order valence-corrected chi connectivity index (χ3v) is 4.62. The van der Waals surface area contributed by atoms with E-state index in [-0.39, 0.29) is 24.0 Å². The molecule has 2 atom stereocenters. The molecule has 0 spiro atoms. The van der Waals surface area contributed by atoms with E-state index < -0.39 is 0 Å². The van der Waals surface area contributed by atoms with Crippen LogP contribution in [-0.2, 0) is 22.5 Å². The summed E-state index contributed by atoms with van der Waals surface area (Å²) in [5.74, 6) is 1.34. The molecule has 1 fully saturated rings. The molecule has 1 heterocycles. The van der Waals surface area contributed by atoms with E-state index in [1.165, 1.54) is 7.11 Å².